The van der Waals surface area contributed by atoms with E-state index in [4.69, 9.17) is 0 Å². The summed E-state index contributed by atoms with van der Waals surface area (Å²) in [4.78, 5) is 13.7. The van der Waals surface area contributed by atoms with Gasteiger partial charge in [-0.3, -0.25) is 9.69 Å². The van der Waals surface area contributed by atoms with E-state index in [1.165, 1.54) is 25.7 Å². The maximum Gasteiger partial charge on any atom is 0.308 e. The standard InChI is InChI=1S/C13H23NO2/c1-13(2)7-8-14(9-11(13)12(15)16)10-5-3-4-6-10/h10-11H,3-9H2,1-2H3,(H,15,16). The highest BCUT2D eigenvalue weighted by Crippen LogP contribution is 2.38. The van der Waals surface area contributed by atoms with E-state index in [-0.39, 0.29) is 11.3 Å². The number of carboxylic acid groups (broad SMARTS) is 1. The van der Waals surface area contributed by atoms with Crippen molar-refractivity contribution >= 4 is 5.97 Å². The van der Waals surface area contributed by atoms with E-state index in [9.17, 15) is 9.90 Å². The van der Waals surface area contributed by atoms with Crippen molar-refractivity contribution in [2.75, 3.05) is 13.1 Å². The van der Waals surface area contributed by atoms with Crippen LogP contribution in [-0.4, -0.2) is 35.1 Å². The van der Waals surface area contributed by atoms with Gasteiger partial charge in [-0.2, -0.15) is 0 Å². The number of carboxylic acids is 1. The quantitative estimate of drug-likeness (QED) is 0.784. The molecule has 0 aromatic heterocycles. The number of hydrogen-bond donors (Lipinski definition) is 1. The van der Waals surface area contributed by atoms with E-state index < -0.39 is 5.97 Å². The van der Waals surface area contributed by atoms with Gasteiger partial charge in [0.1, 0.15) is 0 Å². The summed E-state index contributed by atoms with van der Waals surface area (Å²) in [5.74, 6) is -0.811. The molecule has 0 aromatic rings. The van der Waals surface area contributed by atoms with E-state index in [2.05, 4.69) is 18.7 Å². The molecule has 1 saturated heterocycles. The first-order chi connectivity index (χ1) is 7.50. The van der Waals surface area contributed by atoms with Crippen LogP contribution < -0.4 is 0 Å². The Morgan fingerprint density at radius 3 is 2.50 bits per heavy atom. The van der Waals surface area contributed by atoms with Crippen LogP contribution in [0.4, 0.5) is 0 Å². The highest BCUT2D eigenvalue weighted by atomic mass is 16.4. The van der Waals surface area contributed by atoms with Gasteiger partial charge in [0.05, 0.1) is 5.92 Å². The molecule has 1 unspecified atom stereocenters. The molecule has 1 saturated carbocycles. The minimum Gasteiger partial charge on any atom is -0.481 e. The van der Waals surface area contributed by atoms with Gasteiger partial charge in [0.15, 0.2) is 0 Å². The average Bonchev–Trinajstić information content (AvgIpc) is 2.69. The summed E-state index contributed by atoms with van der Waals surface area (Å²) in [5.41, 5.74) is -0.0407. The van der Waals surface area contributed by atoms with E-state index in [0.717, 1.165) is 19.5 Å². The molecule has 2 rings (SSSR count). The molecule has 1 N–H and O–H groups in total. The number of likely N-dealkylation sites (tertiary alicyclic amines) is 1. The largest absolute Gasteiger partial charge is 0.481 e. The normalized spacial score (nSPS) is 31.8. The Bertz CT molecular complexity index is 269. The van der Waals surface area contributed by atoms with Gasteiger partial charge in [0.25, 0.3) is 0 Å². The van der Waals surface area contributed by atoms with Crippen LogP contribution in [0.15, 0.2) is 0 Å². The van der Waals surface area contributed by atoms with E-state index >= 15 is 0 Å². The fraction of sp³-hybridized carbons (Fsp3) is 0.923. The smallest absolute Gasteiger partial charge is 0.308 e. The first-order valence-electron chi connectivity index (χ1n) is 6.47. The predicted octanol–water partition coefficient (Wildman–Crippen LogP) is 2.36. The summed E-state index contributed by atoms with van der Waals surface area (Å²) >= 11 is 0. The SMILES string of the molecule is CC1(C)CCN(C2CCCC2)CC1C(=O)O. The third kappa shape index (κ3) is 2.24. The van der Waals surface area contributed by atoms with Gasteiger partial charge in [0.2, 0.25) is 0 Å². The van der Waals surface area contributed by atoms with Gasteiger partial charge in [-0.05, 0) is 31.2 Å². The lowest BCUT2D eigenvalue weighted by molar-refractivity contribution is -0.149. The van der Waals surface area contributed by atoms with Gasteiger partial charge < -0.3 is 5.11 Å². The van der Waals surface area contributed by atoms with Crippen molar-refractivity contribution in [1.29, 1.82) is 0 Å². The van der Waals surface area contributed by atoms with Crippen molar-refractivity contribution in [3.05, 3.63) is 0 Å². The maximum atomic E-state index is 11.3. The van der Waals surface area contributed by atoms with Crippen molar-refractivity contribution in [2.45, 2.75) is 52.0 Å². The molecule has 1 aliphatic heterocycles. The zero-order valence-electron chi connectivity index (χ0n) is 10.4. The Hall–Kier alpha value is -0.570. The van der Waals surface area contributed by atoms with Crippen LogP contribution in [0.5, 0.6) is 0 Å². The topological polar surface area (TPSA) is 40.5 Å². The monoisotopic (exact) mass is 225 g/mol. The lowest BCUT2D eigenvalue weighted by Gasteiger charge is -2.44. The van der Waals surface area contributed by atoms with Crippen molar-refractivity contribution in [1.82, 2.24) is 4.90 Å². The molecule has 1 heterocycles. The molecule has 0 spiro atoms. The molecule has 0 radical (unpaired) electrons. The summed E-state index contributed by atoms with van der Waals surface area (Å²) in [6.45, 7) is 6.03. The van der Waals surface area contributed by atoms with Gasteiger partial charge in [-0.25, -0.2) is 0 Å². The summed E-state index contributed by atoms with van der Waals surface area (Å²) in [7, 11) is 0. The minimum atomic E-state index is -0.618. The fourth-order valence-electron chi connectivity index (χ4n) is 3.19. The molecule has 1 atom stereocenters. The highest BCUT2D eigenvalue weighted by molar-refractivity contribution is 5.71. The van der Waals surface area contributed by atoms with Crippen molar-refractivity contribution in [2.24, 2.45) is 11.3 Å². The molecule has 16 heavy (non-hydrogen) atoms. The molecule has 0 amide bonds. The fourth-order valence-corrected chi connectivity index (χ4v) is 3.19. The second-order valence-electron chi connectivity index (χ2n) is 6.06. The molecular weight excluding hydrogens is 202 g/mol. The lowest BCUT2D eigenvalue weighted by Crippen LogP contribution is -2.50. The first kappa shape index (κ1) is 11.9. The maximum absolute atomic E-state index is 11.3. The molecule has 2 aliphatic rings. The zero-order valence-corrected chi connectivity index (χ0v) is 10.4. The second kappa shape index (κ2) is 4.36. The Morgan fingerprint density at radius 1 is 1.31 bits per heavy atom. The first-order valence-corrected chi connectivity index (χ1v) is 6.47. The van der Waals surface area contributed by atoms with Crippen molar-refractivity contribution < 1.29 is 9.90 Å². The van der Waals surface area contributed by atoms with Crippen molar-refractivity contribution in [3.63, 3.8) is 0 Å². The van der Waals surface area contributed by atoms with E-state index in [1.807, 2.05) is 0 Å². The third-order valence-electron chi connectivity index (χ3n) is 4.54. The van der Waals surface area contributed by atoms with E-state index in [1.54, 1.807) is 0 Å². The summed E-state index contributed by atoms with van der Waals surface area (Å²) in [5, 5.41) is 9.31. The molecule has 3 nitrogen and oxygen atoms in total. The number of piperidine rings is 1. The van der Waals surface area contributed by atoms with Gasteiger partial charge >= 0.3 is 5.97 Å². The van der Waals surface area contributed by atoms with Gasteiger partial charge in [-0.1, -0.05) is 26.7 Å². The number of carbonyl (C=O) groups is 1. The molecule has 92 valence electrons. The van der Waals surface area contributed by atoms with Crippen LogP contribution >= 0.6 is 0 Å². The van der Waals surface area contributed by atoms with Crippen LogP contribution in [0.25, 0.3) is 0 Å². The summed E-state index contributed by atoms with van der Waals surface area (Å²) in [6.07, 6.45) is 6.20. The molecule has 2 fully saturated rings. The number of rotatable bonds is 2. The highest BCUT2D eigenvalue weighted by Gasteiger charge is 2.41. The number of aliphatic carboxylic acids is 1. The molecule has 0 aromatic carbocycles. The number of hydrogen-bond acceptors (Lipinski definition) is 2. The van der Waals surface area contributed by atoms with Crippen LogP contribution in [0.2, 0.25) is 0 Å². The molecular formula is C13H23NO2. The average molecular weight is 225 g/mol. The Kier molecular flexibility index (Phi) is 3.24. The Morgan fingerprint density at radius 2 is 1.94 bits per heavy atom. The number of nitrogens with zero attached hydrogens (tertiary/aromatic N) is 1. The van der Waals surface area contributed by atoms with Gasteiger partial charge in [0, 0.05) is 12.6 Å². The van der Waals surface area contributed by atoms with Crippen LogP contribution in [0, 0.1) is 11.3 Å². The van der Waals surface area contributed by atoms with Crippen LogP contribution in [0.3, 0.4) is 0 Å². The van der Waals surface area contributed by atoms with Crippen LogP contribution in [-0.2, 0) is 4.79 Å². The Labute approximate surface area is 97.8 Å². The molecule has 3 heteroatoms. The molecule has 0 bridgehead atoms. The summed E-state index contributed by atoms with van der Waals surface area (Å²) in [6, 6.07) is 0.665. The lowest BCUT2D eigenvalue weighted by atomic mass is 9.73. The Balaban J connectivity index is 2.02. The summed E-state index contributed by atoms with van der Waals surface area (Å²) < 4.78 is 0. The predicted molar refractivity (Wildman–Crippen MR) is 63.4 cm³/mol. The van der Waals surface area contributed by atoms with E-state index in [0.29, 0.717) is 6.04 Å². The third-order valence-corrected chi connectivity index (χ3v) is 4.54. The minimum absolute atomic E-state index is 0.0407. The zero-order chi connectivity index (χ0) is 11.8. The second-order valence-corrected chi connectivity index (χ2v) is 6.06. The van der Waals surface area contributed by atoms with Gasteiger partial charge in [-0.15, -0.1) is 0 Å². The van der Waals surface area contributed by atoms with Crippen molar-refractivity contribution in [3.8, 4) is 0 Å². The molecule has 1 aliphatic carbocycles. The van der Waals surface area contributed by atoms with Crippen LogP contribution in [0.1, 0.15) is 46.0 Å².